The molecule has 1 atom stereocenters. The number of carbonyl (C=O) groups excluding carboxylic acids is 1. The molecular weight excluding hydrogens is 380 g/mol. The summed E-state index contributed by atoms with van der Waals surface area (Å²) < 4.78 is 18.7. The van der Waals surface area contributed by atoms with Crippen molar-refractivity contribution in [1.82, 2.24) is 15.2 Å². The molecule has 2 aromatic rings. The molecule has 8 heteroatoms. The quantitative estimate of drug-likeness (QED) is 0.786. The summed E-state index contributed by atoms with van der Waals surface area (Å²) >= 11 is 11.9. The van der Waals surface area contributed by atoms with Gasteiger partial charge < -0.3 is 10.1 Å². The molecule has 1 aliphatic heterocycles. The highest BCUT2D eigenvalue weighted by molar-refractivity contribution is 6.34. The van der Waals surface area contributed by atoms with Crippen molar-refractivity contribution in [2.24, 2.45) is 0 Å². The Morgan fingerprint density at radius 1 is 1.19 bits per heavy atom. The number of hydrogen-bond acceptors (Lipinski definition) is 4. The first-order chi connectivity index (χ1) is 12.5. The lowest BCUT2D eigenvalue weighted by Crippen LogP contribution is -2.44. The molecular formula is C18H18Cl2FN3O2. The van der Waals surface area contributed by atoms with Crippen LogP contribution in [0, 0.1) is 5.82 Å². The van der Waals surface area contributed by atoms with Crippen molar-refractivity contribution >= 4 is 29.1 Å². The van der Waals surface area contributed by atoms with Gasteiger partial charge in [0.15, 0.2) is 0 Å². The lowest BCUT2D eigenvalue weighted by molar-refractivity contribution is 0.0162. The molecule has 1 unspecified atom stereocenters. The number of carbonyl (C=O) groups is 1. The van der Waals surface area contributed by atoms with Crippen molar-refractivity contribution in [3.8, 4) is 0 Å². The smallest absolute Gasteiger partial charge is 0.271 e. The number of aromatic nitrogens is 1. The fraction of sp³-hybridized carbons (Fsp3) is 0.333. The fourth-order valence-corrected chi connectivity index (χ4v) is 3.22. The number of halogens is 3. The van der Waals surface area contributed by atoms with Crippen LogP contribution in [0.4, 0.5) is 4.39 Å². The number of rotatable bonds is 5. The summed E-state index contributed by atoms with van der Waals surface area (Å²) in [6.45, 7) is 3.03. The highest BCUT2D eigenvalue weighted by Gasteiger charge is 2.24. The van der Waals surface area contributed by atoms with E-state index in [1.165, 1.54) is 24.3 Å². The Labute approximate surface area is 161 Å². The van der Waals surface area contributed by atoms with Crippen LogP contribution in [0.1, 0.15) is 22.1 Å². The number of nitrogens with zero attached hydrogens (tertiary/aromatic N) is 2. The average Bonchev–Trinajstić information content (AvgIpc) is 2.66. The largest absolute Gasteiger partial charge is 0.379 e. The lowest BCUT2D eigenvalue weighted by Gasteiger charge is -2.35. The summed E-state index contributed by atoms with van der Waals surface area (Å²) in [5.74, 6) is -0.703. The van der Waals surface area contributed by atoms with Crippen molar-refractivity contribution in [3.63, 3.8) is 0 Å². The molecule has 138 valence electrons. The lowest BCUT2D eigenvalue weighted by atomic mass is 10.0. The fourth-order valence-electron chi connectivity index (χ4n) is 2.88. The van der Waals surface area contributed by atoms with Crippen molar-refractivity contribution in [3.05, 3.63) is 63.6 Å². The molecule has 1 aromatic carbocycles. The van der Waals surface area contributed by atoms with Crippen molar-refractivity contribution in [1.29, 1.82) is 0 Å². The maximum Gasteiger partial charge on any atom is 0.271 e. The minimum absolute atomic E-state index is 0.0824. The van der Waals surface area contributed by atoms with Crippen LogP contribution in [-0.4, -0.2) is 48.6 Å². The van der Waals surface area contributed by atoms with Gasteiger partial charge in [0.1, 0.15) is 16.7 Å². The van der Waals surface area contributed by atoms with E-state index in [-0.39, 0.29) is 27.7 Å². The van der Waals surface area contributed by atoms with Gasteiger partial charge in [0.05, 0.1) is 24.3 Å². The van der Waals surface area contributed by atoms with Crippen LogP contribution in [0.25, 0.3) is 0 Å². The first kappa shape index (κ1) is 19.0. The van der Waals surface area contributed by atoms with Gasteiger partial charge in [-0.1, -0.05) is 35.3 Å². The van der Waals surface area contributed by atoms with Crippen molar-refractivity contribution in [2.75, 3.05) is 32.8 Å². The molecule has 0 spiro atoms. The number of ether oxygens (including phenoxy) is 1. The molecule has 0 bridgehead atoms. The summed E-state index contributed by atoms with van der Waals surface area (Å²) in [5, 5.41) is 3.29. The number of hydrogen-bond donors (Lipinski definition) is 1. The number of nitrogens with one attached hydrogen (secondary N) is 1. The van der Waals surface area contributed by atoms with Crippen molar-refractivity contribution < 1.29 is 13.9 Å². The normalized spacial score (nSPS) is 16.3. The highest BCUT2D eigenvalue weighted by atomic mass is 35.5. The molecule has 3 rings (SSSR count). The van der Waals surface area contributed by atoms with Gasteiger partial charge in [-0.25, -0.2) is 9.37 Å². The highest BCUT2D eigenvalue weighted by Crippen LogP contribution is 2.22. The Balaban J connectivity index is 1.75. The Morgan fingerprint density at radius 3 is 2.58 bits per heavy atom. The van der Waals surface area contributed by atoms with E-state index in [2.05, 4.69) is 15.2 Å². The Morgan fingerprint density at radius 2 is 1.88 bits per heavy atom. The molecule has 0 aliphatic carbocycles. The van der Waals surface area contributed by atoms with Crippen molar-refractivity contribution in [2.45, 2.75) is 6.04 Å². The summed E-state index contributed by atoms with van der Waals surface area (Å²) in [6.07, 6.45) is 0. The predicted molar refractivity (Wildman–Crippen MR) is 98.1 cm³/mol. The molecule has 26 heavy (non-hydrogen) atoms. The van der Waals surface area contributed by atoms with Crippen LogP contribution in [0.5, 0.6) is 0 Å². The maximum absolute atomic E-state index is 13.3. The topological polar surface area (TPSA) is 54.5 Å². The monoisotopic (exact) mass is 397 g/mol. The van der Waals surface area contributed by atoms with Gasteiger partial charge in [-0.2, -0.15) is 0 Å². The minimum Gasteiger partial charge on any atom is -0.379 e. The van der Waals surface area contributed by atoms with Crippen LogP contribution in [0.2, 0.25) is 10.2 Å². The van der Waals surface area contributed by atoms with Crippen LogP contribution < -0.4 is 5.32 Å². The van der Waals surface area contributed by atoms with E-state index in [0.29, 0.717) is 19.8 Å². The summed E-state index contributed by atoms with van der Waals surface area (Å²) in [6, 6.07) is 9.24. The van der Waals surface area contributed by atoms with Gasteiger partial charge in [0.25, 0.3) is 5.91 Å². The van der Waals surface area contributed by atoms with Crippen LogP contribution >= 0.6 is 23.2 Å². The number of benzene rings is 1. The van der Waals surface area contributed by atoms with Gasteiger partial charge in [-0.15, -0.1) is 0 Å². The number of morpholine rings is 1. The standard InChI is InChI=1S/C18H18Cl2FN3O2/c19-14-5-6-16(20)23-17(14)18(25)22-11-15(24-7-9-26-10-8-24)12-1-3-13(21)4-2-12/h1-6,15H,7-11H2,(H,22,25). The molecule has 0 radical (unpaired) electrons. The van der Waals surface area contributed by atoms with E-state index >= 15 is 0 Å². The molecule has 1 fully saturated rings. The SMILES string of the molecule is O=C(NCC(c1ccc(F)cc1)N1CCOCC1)c1nc(Cl)ccc1Cl. The number of pyridine rings is 1. The molecule has 0 saturated carbocycles. The average molecular weight is 398 g/mol. The van der Waals surface area contributed by atoms with Gasteiger partial charge >= 0.3 is 0 Å². The zero-order chi connectivity index (χ0) is 18.5. The Kier molecular flexibility index (Phi) is 6.43. The molecule has 1 N–H and O–H groups in total. The molecule has 1 amide bonds. The first-order valence-corrected chi connectivity index (χ1v) is 8.97. The van der Waals surface area contributed by atoms with Crippen LogP contribution in [0.3, 0.4) is 0 Å². The summed E-state index contributed by atoms with van der Waals surface area (Å²) in [4.78, 5) is 18.7. The zero-order valence-corrected chi connectivity index (χ0v) is 15.4. The third-order valence-corrected chi connectivity index (χ3v) is 4.74. The summed E-state index contributed by atoms with van der Waals surface area (Å²) in [5.41, 5.74) is 0.998. The molecule has 5 nitrogen and oxygen atoms in total. The second-order valence-electron chi connectivity index (χ2n) is 5.89. The van der Waals surface area contributed by atoms with E-state index in [1.807, 2.05) is 0 Å². The Hall–Kier alpha value is -1.73. The third kappa shape index (κ3) is 4.71. The van der Waals surface area contributed by atoms with E-state index in [4.69, 9.17) is 27.9 Å². The van der Waals surface area contributed by atoms with Gasteiger partial charge in [-0.3, -0.25) is 9.69 Å². The molecule has 1 aliphatic rings. The molecule has 1 aromatic heterocycles. The van der Waals surface area contributed by atoms with Crippen LogP contribution in [-0.2, 0) is 4.74 Å². The Bertz CT molecular complexity index is 768. The van der Waals surface area contributed by atoms with Gasteiger partial charge in [-0.05, 0) is 29.8 Å². The van der Waals surface area contributed by atoms with E-state index in [0.717, 1.165) is 18.7 Å². The zero-order valence-electron chi connectivity index (χ0n) is 13.9. The third-order valence-electron chi connectivity index (χ3n) is 4.22. The number of amides is 1. The van der Waals surface area contributed by atoms with E-state index < -0.39 is 5.91 Å². The van der Waals surface area contributed by atoms with Gasteiger partial charge in [0, 0.05) is 19.6 Å². The minimum atomic E-state index is -0.405. The van der Waals surface area contributed by atoms with Gasteiger partial charge in [0.2, 0.25) is 0 Å². The predicted octanol–water partition coefficient (Wildman–Crippen LogP) is 3.33. The van der Waals surface area contributed by atoms with E-state index in [1.54, 1.807) is 12.1 Å². The second kappa shape index (κ2) is 8.77. The molecule has 1 saturated heterocycles. The second-order valence-corrected chi connectivity index (χ2v) is 6.68. The maximum atomic E-state index is 13.3. The van der Waals surface area contributed by atoms with E-state index in [9.17, 15) is 9.18 Å². The van der Waals surface area contributed by atoms with Crippen LogP contribution in [0.15, 0.2) is 36.4 Å². The summed E-state index contributed by atoms with van der Waals surface area (Å²) in [7, 11) is 0. The first-order valence-electron chi connectivity index (χ1n) is 8.22. The molecule has 2 heterocycles.